The number of non-ortho nitro benzene ring substituents is 1. The average Bonchev–Trinajstić information content (AvgIpc) is 3.12. The number of benzene rings is 3. The molecule has 0 saturated heterocycles. The molecule has 3 aromatic rings. The topological polar surface area (TPSA) is 101 Å². The molecule has 3 aromatic carbocycles. The number of hydrogen-bond donors (Lipinski definition) is 1. The van der Waals surface area contributed by atoms with E-state index in [0.29, 0.717) is 12.0 Å². The Balaban J connectivity index is 1.71. The molecule has 170 valence electrons. The standard InChI is InChI=1S/C27H22N2O5/c30-23(15-14-19-8-3-1-4-9-19)24-25(21-12-7-13-22(18-21)29(33)34)28(27(32)26(24)31)17-16-20-10-5-2-6-11-20/h1-15,18,25,31H,16-17H2/b15-14+. The fourth-order valence-electron chi connectivity index (χ4n) is 4.01. The van der Waals surface area contributed by atoms with Crippen LogP contribution in [0.3, 0.4) is 0 Å². The van der Waals surface area contributed by atoms with Crippen LogP contribution in [-0.4, -0.2) is 33.2 Å². The highest BCUT2D eigenvalue weighted by Crippen LogP contribution is 2.39. The van der Waals surface area contributed by atoms with E-state index in [4.69, 9.17) is 0 Å². The lowest BCUT2D eigenvalue weighted by atomic mass is 9.95. The first kappa shape index (κ1) is 22.7. The summed E-state index contributed by atoms with van der Waals surface area (Å²) in [6.45, 7) is 0.222. The Morgan fingerprint density at radius 3 is 2.35 bits per heavy atom. The lowest BCUT2D eigenvalue weighted by Gasteiger charge is -2.26. The summed E-state index contributed by atoms with van der Waals surface area (Å²) in [6.07, 6.45) is 3.40. The second-order valence-corrected chi connectivity index (χ2v) is 7.86. The van der Waals surface area contributed by atoms with E-state index in [9.17, 15) is 24.8 Å². The number of aliphatic hydroxyl groups excluding tert-OH is 1. The summed E-state index contributed by atoms with van der Waals surface area (Å²) in [5.74, 6) is -1.84. The van der Waals surface area contributed by atoms with Gasteiger partial charge in [0.25, 0.3) is 11.6 Å². The SMILES string of the molecule is O=C(/C=C/c1ccccc1)C1=C(O)C(=O)N(CCc2ccccc2)C1c1cccc([N+](=O)[O-])c1. The Kier molecular flexibility index (Phi) is 6.64. The first-order valence-electron chi connectivity index (χ1n) is 10.8. The molecule has 1 aliphatic heterocycles. The Labute approximate surface area is 196 Å². The molecule has 0 bridgehead atoms. The Morgan fingerprint density at radius 1 is 1.00 bits per heavy atom. The fraction of sp³-hybridized carbons (Fsp3) is 0.111. The van der Waals surface area contributed by atoms with Crippen molar-refractivity contribution in [3.8, 4) is 0 Å². The van der Waals surface area contributed by atoms with Crippen LogP contribution in [0.5, 0.6) is 0 Å². The Morgan fingerprint density at radius 2 is 1.68 bits per heavy atom. The number of allylic oxidation sites excluding steroid dienone is 1. The van der Waals surface area contributed by atoms with E-state index in [1.807, 2.05) is 60.7 Å². The number of ketones is 1. The van der Waals surface area contributed by atoms with Crippen molar-refractivity contribution in [2.24, 2.45) is 0 Å². The molecule has 1 aliphatic rings. The summed E-state index contributed by atoms with van der Waals surface area (Å²) in [4.78, 5) is 38.4. The summed E-state index contributed by atoms with van der Waals surface area (Å²) in [5.41, 5.74) is 1.90. The molecule has 1 heterocycles. The maximum atomic E-state index is 13.2. The second-order valence-electron chi connectivity index (χ2n) is 7.86. The van der Waals surface area contributed by atoms with Crippen molar-refractivity contribution in [3.63, 3.8) is 0 Å². The lowest BCUT2D eigenvalue weighted by Crippen LogP contribution is -2.33. The number of nitrogens with zero attached hydrogens (tertiary/aromatic N) is 2. The molecule has 7 nitrogen and oxygen atoms in total. The molecule has 0 fully saturated rings. The number of aliphatic hydroxyl groups is 1. The zero-order chi connectivity index (χ0) is 24.1. The molecule has 1 atom stereocenters. The van der Waals surface area contributed by atoms with Crippen molar-refractivity contribution in [1.82, 2.24) is 4.90 Å². The van der Waals surface area contributed by atoms with Gasteiger partial charge in [-0.15, -0.1) is 0 Å². The van der Waals surface area contributed by atoms with E-state index in [0.717, 1.165) is 11.1 Å². The summed E-state index contributed by atoms with van der Waals surface area (Å²) < 4.78 is 0. The van der Waals surface area contributed by atoms with Gasteiger partial charge in [0.2, 0.25) is 0 Å². The number of hydrogen-bond acceptors (Lipinski definition) is 5. The molecule has 34 heavy (non-hydrogen) atoms. The molecule has 0 aliphatic carbocycles. The molecule has 0 saturated carbocycles. The lowest BCUT2D eigenvalue weighted by molar-refractivity contribution is -0.384. The Bertz CT molecular complexity index is 1280. The van der Waals surface area contributed by atoms with Crippen LogP contribution in [0.4, 0.5) is 5.69 Å². The highest BCUT2D eigenvalue weighted by Gasteiger charge is 2.43. The number of nitro benzene ring substituents is 1. The van der Waals surface area contributed by atoms with Crippen LogP contribution in [0.1, 0.15) is 22.7 Å². The van der Waals surface area contributed by atoms with E-state index in [-0.39, 0.29) is 17.8 Å². The minimum atomic E-state index is -0.941. The highest BCUT2D eigenvalue weighted by atomic mass is 16.6. The van der Waals surface area contributed by atoms with Crippen LogP contribution >= 0.6 is 0 Å². The van der Waals surface area contributed by atoms with Gasteiger partial charge in [-0.1, -0.05) is 78.9 Å². The zero-order valence-electron chi connectivity index (χ0n) is 18.2. The molecule has 1 unspecified atom stereocenters. The van der Waals surface area contributed by atoms with Gasteiger partial charge in [0.15, 0.2) is 11.5 Å². The van der Waals surface area contributed by atoms with Gasteiger partial charge >= 0.3 is 0 Å². The van der Waals surface area contributed by atoms with Crippen LogP contribution in [-0.2, 0) is 16.0 Å². The number of nitro groups is 1. The molecule has 4 rings (SSSR count). The van der Waals surface area contributed by atoms with E-state index in [1.54, 1.807) is 12.1 Å². The van der Waals surface area contributed by atoms with Crippen LogP contribution < -0.4 is 0 Å². The van der Waals surface area contributed by atoms with E-state index in [2.05, 4.69) is 0 Å². The predicted octanol–water partition coefficient (Wildman–Crippen LogP) is 4.82. The molecule has 1 amide bonds. The van der Waals surface area contributed by atoms with Crippen molar-refractivity contribution < 1.29 is 19.6 Å². The quantitative estimate of drug-likeness (QED) is 0.299. The van der Waals surface area contributed by atoms with Gasteiger partial charge in [0.1, 0.15) is 0 Å². The van der Waals surface area contributed by atoms with Crippen molar-refractivity contribution in [2.75, 3.05) is 6.54 Å². The summed E-state index contributed by atoms with van der Waals surface area (Å²) >= 11 is 0. The van der Waals surface area contributed by atoms with Gasteiger partial charge in [0, 0.05) is 18.7 Å². The van der Waals surface area contributed by atoms with Gasteiger partial charge in [-0.3, -0.25) is 19.7 Å². The molecule has 7 heteroatoms. The minimum absolute atomic E-state index is 0.0919. The first-order chi connectivity index (χ1) is 16.5. The monoisotopic (exact) mass is 454 g/mol. The largest absolute Gasteiger partial charge is 0.503 e. The molecular formula is C27H22N2O5. The van der Waals surface area contributed by atoms with Crippen molar-refractivity contribution in [1.29, 1.82) is 0 Å². The minimum Gasteiger partial charge on any atom is -0.503 e. The molecule has 0 spiro atoms. The van der Waals surface area contributed by atoms with E-state index >= 15 is 0 Å². The second kappa shape index (κ2) is 9.95. The first-order valence-corrected chi connectivity index (χ1v) is 10.8. The van der Waals surface area contributed by atoms with Crippen LogP contribution in [0, 0.1) is 10.1 Å². The third-order valence-electron chi connectivity index (χ3n) is 5.68. The van der Waals surface area contributed by atoms with Gasteiger partial charge in [-0.05, 0) is 29.2 Å². The smallest absolute Gasteiger partial charge is 0.290 e. The number of amides is 1. The summed E-state index contributed by atoms with van der Waals surface area (Å²) in [7, 11) is 0. The molecular weight excluding hydrogens is 432 g/mol. The van der Waals surface area contributed by atoms with Crippen LogP contribution in [0.25, 0.3) is 6.08 Å². The van der Waals surface area contributed by atoms with E-state index < -0.39 is 28.4 Å². The molecule has 1 N–H and O–H groups in total. The van der Waals surface area contributed by atoms with Crippen LogP contribution in [0.15, 0.2) is 102 Å². The number of carbonyl (C=O) groups is 2. The maximum absolute atomic E-state index is 13.2. The third kappa shape index (κ3) is 4.78. The summed E-state index contributed by atoms with van der Waals surface area (Å²) in [6, 6.07) is 23.5. The average molecular weight is 454 g/mol. The van der Waals surface area contributed by atoms with E-state index in [1.165, 1.54) is 29.2 Å². The maximum Gasteiger partial charge on any atom is 0.290 e. The number of rotatable bonds is 8. The normalized spacial score (nSPS) is 15.8. The van der Waals surface area contributed by atoms with Gasteiger partial charge in [-0.2, -0.15) is 0 Å². The predicted molar refractivity (Wildman–Crippen MR) is 128 cm³/mol. The molecule has 0 aromatic heterocycles. The van der Waals surface area contributed by atoms with Gasteiger partial charge < -0.3 is 10.0 Å². The zero-order valence-corrected chi connectivity index (χ0v) is 18.2. The van der Waals surface area contributed by atoms with Gasteiger partial charge in [-0.25, -0.2) is 0 Å². The Hall–Kier alpha value is -4.52. The van der Waals surface area contributed by atoms with Crippen molar-refractivity contribution >= 4 is 23.5 Å². The third-order valence-corrected chi connectivity index (χ3v) is 5.68. The summed E-state index contributed by atoms with van der Waals surface area (Å²) in [5, 5.41) is 22.1. The molecule has 0 radical (unpaired) electrons. The van der Waals surface area contributed by atoms with Crippen molar-refractivity contribution in [2.45, 2.75) is 12.5 Å². The van der Waals surface area contributed by atoms with Crippen molar-refractivity contribution in [3.05, 3.63) is 129 Å². The number of carbonyl (C=O) groups excluding carboxylic acids is 2. The van der Waals surface area contributed by atoms with Gasteiger partial charge in [0.05, 0.1) is 16.5 Å². The highest BCUT2D eigenvalue weighted by molar-refractivity contribution is 6.14. The van der Waals surface area contributed by atoms with Crippen LogP contribution in [0.2, 0.25) is 0 Å². The fourth-order valence-corrected chi connectivity index (χ4v) is 4.01.